The van der Waals surface area contributed by atoms with Crippen LogP contribution in [0.3, 0.4) is 0 Å². The molecule has 0 spiro atoms. The SMILES string of the molecule is Cc1cc(CN2CCOCC2C(=O)O)c(C)cc1/C=C/c1cccc(-c2ccccc2)c1C#N. The Morgan fingerprint density at radius 1 is 1.09 bits per heavy atom. The molecule has 0 radical (unpaired) electrons. The highest BCUT2D eigenvalue weighted by atomic mass is 16.5. The predicted octanol–water partition coefficient (Wildman–Crippen LogP) is 5.30. The van der Waals surface area contributed by atoms with Crippen LogP contribution in [0.1, 0.15) is 33.4 Å². The van der Waals surface area contributed by atoms with Gasteiger partial charge in [-0.1, -0.05) is 72.8 Å². The summed E-state index contributed by atoms with van der Waals surface area (Å²) in [5.74, 6) is -0.848. The molecule has 1 N–H and O–H groups in total. The zero-order valence-corrected chi connectivity index (χ0v) is 19.5. The number of nitrogens with zero attached hydrogens (tertiary/aromatic N) is 2. The van der Waals surface area contributed by atoms with E-state index in [0.717, 1.165) is 38.9 Å². The fourth-order valence-corrected chi connectivity index (χ4v) is 4.39. The Hall–Kier alpha value is -3.72. The van der Waals surface area contributed by atoms with Crippen molar-refractivity contribution in [2.24, 2.45) is 0 Å². The summed E-state index contributed by atoms with van der Waals surface area (Å²) in [4.78, 5) is 13.6. The van der Waals surface area contributed by atoms with Gasteiger partial charge in [-0.25, -0.2) is 0 Å². The van der Waals surface area contributed by atoms with Crippen molar-refractivity contribution in [1.29, 1.82) is 5.26 Å². The van der Waals surface area contributed by atoms with E-state index in [0.29, 0.717) is 25.3 Å². The van der Waals surface area contributed by atoms with Gasteiger partial charge in [-0.3, -0.25) is 9.69 Å². The maximum Gasteiger partial charge on any atom is 0.323 e. The van der Waals surface area contributed by atoms with E-state index in [4.69, 9.17) is 4.74 Å². The lowest BCUT2D eigenvalue weighted by Gasteiger charge is -2.33. The van der Waals surface area contributed by atoms with Crippen molar-refractivity contribution in [3.8, 4) is 17.2 Å². The standard InChI is InChI=1S/C29H28N2O3/c1-20-16-25(18-31-13-14-34-19-28(31)29(32)33)21(2)15-24(20)12-11-23-9-6-10-26(27(23)17-30)22-7-4-3-5-8-22/h3-12,15-16,28H,13-14,18-19H2,1-2H3,(H,32,33)/b12-11+. The number of hydrogen-bond donors (Lipinski definition) is 1. The lowest BCUT2D eigenvalue weighted by atomic mass is 9.94. The molecule has 1 heterocycles. The lowest BCUT2D eigenvalue weighted by Crippen LogP contribution is -2.49. The molecule has 0 aliphatic carbocycles. The molecule has 1 saturated heterocycles. The Labute approximate surface area is 200 Å². The number of carboxylic acid groups (broad SMARTS) is 1. The minimum absolute atomic E-state index is 0.220. The number of aliphatic carboxylic acids is 1. The van der Waals surface area contributed by atoms with Crippen LogP contribution in [0.4, 0.5) is 0 Å². The number of hydrogen-bond acceptors (Lipinski definition) is 4. The van der Waals surface area contributed by atoms with Crippen LogP contribution < -0.4 is 0 Å². The first kappa shape index (κ1) is 23.4. The number of ether oxygens (including phenoxy) is 1. The summed E-state index contributed by atoms with van der Waals surface area (Å²) in [6.45, 7) is 6.06. The first-order chi connectivity index (χ1) is 16.5. The fourth-order valence-electron chi connectivity index (χ4n) is 4.39. The van der Waals surface area contributed by atoms with Crippen LogP contribution in [0.15, 0.2) is 60.7 Å². The van der Waals surface area contributed by atoms with Gasteiger partial charge in [-0.2, -0.15) is 5.26 Å². The summed E-state index contributed by atoms with van der Waals surface area (Å²) in [5, 5.41) is 19.4. The van der Waals surface area contributed by atoms with Gasteiger partial charge in [-0.15, -0.1) is 0 Å². The Bertz CT molecular complexity index is 1260. The molecule has 4 rings (SSSR count). The molecule has 1 unspecified atom stereocenters. The Morgan fingerprint density at radius 2 is 1.85 bits per heavy atom. The zero-order chi connectivity index (χ0) is 24.1. The van der Waals surface area contributed by atoms with Crippen molar-refractivity contribution in [3.63, 3.8) is 0 Å². The summed E-state index contributed by atoms with van der Waals surface area (Å²) in [6, 6.07) is 21.9. The largest absolute Gasteiger partial charge is 0.480 e. The molecule has 3 aromatic carbocycles. The summed E-state index contributed by atoms with van der Waals surface area (Å²) >= 11 is 0. The predicted molar refractivity (Wildman–Crippen MR) is 134 cm³/mol. The average Bonchev–Trinajstić information content (AvgIpc) is 2.85. The van der Waals surface area contributed by atoms with Crippen LogP contribution in [0, 0.1) is 25.2 Å². The Kier molecular flexibility index (Phi) is 7.22. The molecule has 5 nitrogen and oxygen atoms in total. The second-order valence-electron chi connectivity index (χ2n) is 8.62. The molecule has 0 amide bonds. The number of carboxylic acids is 1. The van der Waals surface area contributed by atoms with E-state index in [-0.39, 0.29) is 6.61 Å². The maximum atomic E-state index is 11.6. The number of aryl methyl sites for hydroxylation is 2. The topological polar surface area (TPSA) is 73.6 Å². The van der Waals surface area contributed by atoms with Crippen molar-refractivity contribution in [2.75, 3.05) is 19.8 Å². The molecule has 1 atom stereocenters. The maximum absolute atomic E-state index is 11.6. The summed E-state index contributed by atoms with van der Waals surface area (Å²) in [7, 11) is 0. The molecule has 0 aromatic heterocycles. The Morgan fingerprint density at radius 3 is 2.59 bits per heavy atom. The van der Waals surface area contributed by atoms with E-state index >= 15 is 0 Å². The molecule has 1 aliphatic rings. The first-order valence-corrected chi connectivity index (χ1v) is 11.4. The van der Waals surface area contributed by atoms with Gasteiger partial charge in [0.1, 0.15) is 12.1 Å². The van der Waals surface area contributed by atoms with Gasteiger partial charge in [0.15, 0.2) is 0 Å². The van der Waals surface area contributed by atoms with Gasteiger partial charge in [-0.05, 0) is 47.2 Å². The number of nitriles is 1. The second kappa shape index (κ2) is 10.5. The molecule has 0 bridgehead atoms. The highest BCUT2D eigenvalue weighted by molar-refractivity contribution is 5.81. The first-order valence-electron chi connectivity index (χ1n) is 11.4. The molecule has 1 fully saturated rings. The van der Waals surface area contributed by atoms with Crippen LogP contribution >= 0.6 is 0 Å². The van der Waals surface area contributed by atoms with Gasteiger partial charge < -0.3 is 9.84 Å². The van der Waals surface area contributed by atoms with Crippen LogP contribution in [0.5, 0.6) is 0 Å². The summed E-state index contributed by atoms with van der Waals surface area (Å²) < 4.78 is 5.36. The number of carbonyl (C=O) groups is 1. The Balaban J connectivity index is 1.60. The van der Waals surface area contributed by atoms with Crippen molar-refractivity contribution < 1.29 is 14.6 Å². The van der Waals surface area contributed by atoms with Gasteiger partial charge in [0.05, 0.1) is 18.8 Å². The summed E-state index contributed by atoms with van der Waals surface area (Å²) in [6.07, 6.45) is 4.04. The quantitative estimate of drug-likeness (QED) is 0.514. The third-order valence-corrected chi connectivity index (χ3v) is 6.36. The number of benzene rings is 3. The normalized spacial score (nSPS) is 16.4. The van der Waals surface area contributed by atoms with Crippen molar-refractivity contribution in [1.82, 2.24) is 4.90 Å². The van der Waals surface area contributed by atoms with Crippen molar-refractivity contribution in [2.45, 2.75) is 26.4 Å². The highest BCUT2D eigenvalue weighted by Crippen LogP contribution is 2.28. The van der Waals surface area contributed by atoms with E-state index in [1.54, 1.807) is 0 Å². The smallest absolute Gasteiger partial charge is 0.323 e. The molecular formula is C29H28N2O3. The lowest BCUT2D eigenvalue weighted by molar-refractivity contribution is -0.150. The van der Waals surface area contributed by atoms with Crippen molar-refractivity contribution >= 4 is 18.1 Å². The van der Waals surface area contributed by atoms with Gasteiger partial charge >= 0.3 is 5.97 Å². The van der Waals surface area contributed by atoms with Gasteiger partial charge in [0.25, 0.3) is 0 Å². The molecule has 34 heavy (non-hydrogen) atoms. The third-order valence-electron chi connectivity index (χ3n) is 6.36. The van der Waals surface area contributed by atoms with E-state index in [1.165, 1.54) is 0 Å². The van der Waals surface area contributed by atoms with Crippen molar-refractivity contribution in [3.05, 3.63) is 94.0 Å². The zero-order valence-electron chi connectivity index (χ0n) is 19.5. The molecule has 5 heteroatoms. The minimum Gasteiger partial charge on any atom is -0.480 e. The van der Waals surface area contributed by atoms with Crippen LogP contribution in [-0.2, 0) is 16.1 Å². The average molecular weight is 453 g/mol. The fraction of sp³-hybridized carbons (Fsp3) is 0.241. The van der Waals surface area contributed by atoms with Gasteiger partial charge in [0, 0.05) is 18.7 Å². The summed E-state index contributed by atoms with van der Waals surface area (Å²) in [5.41, 5.74) is 7.89. The second-order valence-corrected chi connectivity index (χ2v) is 8.62. The highest BCUT2D eigenvalue weighted by Gasteiger charge is 2.29. The third kappa shape index (κ3) is 5.09. The monoisotopic (exact) mass is 452 g/mol. The number of rotatable bonds is 6. The molecule has 172 valence electrons. The van der Waals surface area contributed by atoms with E-state index < -0.39 is 12.0 Å². The van der Waals surface area contributed by atoms with E-state index in [9.17, 15) is 15.2 Å². The van der Waals surface area contributed by atoms with Crippen LogP contribution in [0.25, 0.3) is 23.3 Å². The number of morpholine rings is 1. The van der Waals surface area contributed by atoms with E-state index in [2.05, 4.69) is 32.0 Å². The molecule has 0 saturated carbocycles. The van der Waals surface area contributed by atoms with E-state index in [1.807, 2.05) is 65.6 Å². The molecule has 1 aliphatic heterocycles. The molecule has 3 aromatic rings. The van der Waals surface area contributed by atoms with Crippen LogP contribution in [0.2, 0.25) is 0 Å². The molecular weight excluding hydrogens is 424 g/mol. The van der Waals surface area contributed by atoms with Gasteiger partial charge in [0.2, 0.25) is 0 Å². The van der Waals surface area contributed by atoms with Crippen LogP contribution in [-0.4, -0.2) is 41.8 Å². The minimum atomic E-state index is -0.848.